The number of carbonyl (C=O) groups excluding carboxylic acids is 1. The van der Waals surface area contributed by atoms with Gasteiger partial charge in [0, 0.05) is 23.9 Å². The van der Waals surface area contributed by atoms with Crippen LogP contribution < -0.4 is 19.7 Å². The Labute approximate surface area is 175 Å². The molecule has 2 aliphatic rings. The van der Waals surface area contributed by atoms with Crippen molar-refractivity contribution in [2.75, 3.05) is 30.0 Å². The van der Waals surface area contributed by atoms with Gasteiger partial charge >= 0.3 is 0 Å². The number of rotatable bonds is 5. The Hall–Kier alpha value is -3.07. The summed E-state index contributed by atoms with van der Waals surface area (Å²) in [5.41, 5.74) is 1.31. The number of nitrogens with zero attached hydrogens (tertiary/aromatic N) is 2. The van der Waals surface area contributed by atoms with Crippen LogP contribution in [-0.2, 0) is 10.0 Å². The zero-order valence-corrected chi connectivity index (χ0v) is 17.7. The lowest BCUT2D eigenvalue weighted by Gasteiger charge is -2.29. The van der Waals surface area contributed by atoms with Crippen molar-refractivity contribution in [3.63, 3.8) is 0 Å². The summed E-state index contributed by atoms with van der Waals surface area (Å²) in [5.74, 6) is 1.20. The lowest BCUT2D eigenvalue weighted by Crippen LogP contribution is -2.34. The number of hydrogen-bond donors (Lipinski definition) is 1. The number of sulfonamides is 1. The molecule has 2 heterocycles. The fourth-order valence-electron chi connectivity index (χ4n) is 3.45. The lowest BCUT2D eigenvalue weighted by molar-refractivity contribution is 0.102. The molecule has 0 fully saturated rings. The largest absolute Gasteiger partial charge is 0.486 e. The Morgan fingerprint density at radius 3 is 2.67 bits per heavy atom. The van der Waals surface area contributed by atoms with Crippen LogP contribution >= 0.6 is 0 Å². The maximum absolute atomic E-state index is 12.8. The van der Waals surface area contributed by atoms with E-state index in [1.54, 1.807) is 37.3 Å². The van der Waals surface area contributed by atoms with Gasteiger partial charge in [-0.2, -0.15) is 8.42 Å². The monoisotopic (exact) mass is 429 g/mol. The molecule has 8 nitrogen and oxygen atoms in total. The molecule has 1 amide bonds. The van der Waals surface area contributed by atoms with Gasteiger partial charge in [0.2, 0.25) is 0 Å². The van der Waals surface area contributed by atoms with Crippen LogP contribution in [0.5, 0.6) is 11.5 Å². The van der Waals surface area contributed by atoms with Crippen LogP contribution in [0.3, 0.4) is 0 Å². The molecule has 158 valence electrons. The molecule has 0 bridgehead atoms. The first-order valence-corrected chi connectivity index (χ1v) is 11.3. The molecule has 0 saturated heterocycles. The summed E-state index contributed by atoms with van der Waals surface area (Å²) < 4.78 is 40.1. The Morgan fingerprint density at radius 1 is 1.13 bits per heavy atom. The van der Waals surface area contributed by atoms with Crippen molar-refractivity contribution >= 4 is 33.1 Å². The van der Waals surface area contributed by atoms with Gasteiger partial charge in [-0.05, 0) is 43.7 Å². The van der Waals surface area contributed by atoms with Gasteiger partial charge in [0.1, 0.15) is 23.9 Å². The Kier molecular flexibility index (Phi) is 5.38. The summed E-state index contributed by atoms with van der Waals surface area (Å²) in [6.45, 7) is 5.34. The molecule has 30 heavy (non-hydrogen) atoms. The minimum atomic E-state index is -3.86. The number of hydrogen-bond acceptors (Lipinski definition) is 6. The number of amides is 1. The van der Waals surface area contributed by atoms with Crippen molar-refractivity contribution in [2.24, 2.45) is 4.40 Å². The standard InChI is InChI=1S/C21H23N3O5S/c1-3-4-9-24-14(2)23-30(26,27)20-12-15(5-7-17(20)24)21(25)22-16-6-8-18-19(13-16)29-11-10-28-18/h5-8,12-13H,3-4,9-11H2,1-2H3,(H,22,25). The van der Waals surface area contributed by atoms with E-state index in [1.165, 1.54) is 6.07 Å². The second kappa shape index (κ2) is 7.98. The number of carbonyl (C=O) groups is 1. The van der Waals surface area contributed by atoms with Crippen LogP contribution in [-0.4, -0.2) is 39.9 Å². The van der Waals surface area contributed by atoms with E-state index in [1.807, 2.05) is 4.90 Å². The Bertz CT molecular complexity index is 1130. The van der Waals surface area contributed by atoms with Crippen molar-refractivity contribution < 1.29 is 22.7 Å². The number of benzene rings is 2. The summed E-state index contributed by atoms with van der Waals surface area (Å²) >= 11 is 0. The predicted octanol–water partition coefficient (Wildman–Crippen LogP) is 3.44. The highest BCUT2D eigenvalue weighted by Gasteiger charge is 2.29. The lowest BCUT2D eigenvalue weighted by atomic mass is 10.1. The molecular weight excluding hydrogens is 406 g/mol. The van der Waals surface area contributed by atoms with E-state index < -0.39 is 15.9 Å². The van der Waals surface area contributed by atoms with Crippen LogP contribution in [0.2, 0.25) is 0 Å². The second-order valence-corrected chi connectivity index (χ2v) is 8.69. The zero-order chi connectivity index (χ0) is 21.3. The van der Waals surface area contributed by atoms with Gasteiger partial charge in [-0.1, -0.05) is 13.3 Å². The summed E-state index contributed by atoms with van der Waals surface area (Å²) in [6.07, 6.45) is 1.88. The highest BCUT2D eigenvalue weighted by molar-refractivity contribution is 7.90. The van der Waals surface area contributed by atoms with Crippen molar-refractivity contribution in [3.05, 3.63) is 42.0 Å². The van der Waals surface area contributed by atoms with E-state index >= 15 is 0 Å². The van der Waals surface area contributed by atoms with E-state index in [-0.39, 0.29) is 10.5 Å². The maximum Gasteiger partial charge on any atom is 0.286 e. The molecule has 0 spiro atoms. The van der Waals surface area contributed by atoms with Crippen molar-refractivity contribution in [1.29, 1.82) is 0 Å². The molecule has 0 unspecified atom stereocenters. The molecule has 9 heteroatoms. The molecule has 2 aliphatic heterocycles. The number of fused-ring (bicyclic) bond motifs is 2. The van der Waals surface area contributed by atoms with Gasteiger partial charge in [0.15, 0.2) is 11.5 Å². The number of anilines is 2. The molecular formula is C21H23N3O5S. The highest BCUT2D eigenvalue weighted by Crippen LogP contribution is 2.34. The van der Waals surface area contributed by atoms with E-state index in [4.69, 9.17) is 9.47 Å². The van der Waals surface area contributed by atoms with E-state index in [0.29, 0.717) is 48.5 Å². The van der Waals surface area contributed by atoms with Gasteiger partial charge in [-0.25, -0.2) is 0 Å². The molecule has 2 aromatic carbocycles. The summed E-state index contributed by atoms with van der Waals surface area (Å²) in [5, 5.41) is 2.78. The summed E-state index contributed by atoms with van der Waals surface area (Å²) in [4.78, 5) is 14.7. The van der Waals surface area contributed by atoms with Crippen LogP contribution in [0.1, 0.15) is 37.0 Å². The third-order valence-electron chi connectivity index (χ3n) is 4.97. The molecule has 0 saturated carbocycles. The minimum Gasteiger partial charge on any atom is -0.486 e. The quantitative estimate of drug-likeness (QED) is 0.782. The molecule has 1 N–H and O–H groups in total. The predicted molar refractivity (Wildman–Crippen MR) is 114 cm³/mol. The SMILES string of the molecule is CCCCN1C(C)=NS(=O)(=O)c2cc(C(=O)Nc3ccc4c(c3)OCCO4)ccc21. The molecule has 2 aromatic rings. The number of nitrogens with one attached hydrogen (secondary N) is 1. The summed E-state index contributed by atoms with van der Waals surface area (Å²) in [6, 6.07) is 9.79. The molecule has 0 atom stereocenters. The molecule has 0 radical (unpaired) electrons. The fourth-order valence-corrected chi connectivity index (χ4v) is 4.72. The average molecular weight is 429 g/mol. The van der Waals surface area contributed by atoms with Gasteiger partial charge < -0.3 is 19.7 Å². The fraction of sp³-hybridized carbons (Fsp3) is 0.333. The van der Waals surface area contributed by atoms with Crippen LogP contribution in [0.25, 0.3) is 0 Å². The smallest absolute Gasteiger partial charge is 0.286 e. The average Bonchev–Trinajstić information content (AvgIpc) is 2.73. The van der Waals surface area contributed by atoms with Gasteiger partial charge in [-0.3, -0.25) is 4.79 Å². The van der Waals surface area contributed by atoms with E-state index in [9.17, 15) is 13.2 Å². The van der Waals surface area contributed by atoms with Crippen LogP contribution in [0, 0.1) is 0 Å². The van der Waals surface area contributed by atoms with Crippen molar-refractivity contribution in [3.8, 4) is 11.5 Å². The Balaban J connectivity index is 1.61. The first-order valence-electron chi connectivity index (χ1n) is 9.83. The summed E-state index contributed by atoms with van der Waals surface area (Å²) in [7, 11) is -3.86. The van der Waals surface area contributed by atoms with E-state index in [2.05, 4.69) is 16.6 Å². The minimum absolute atomic E-state index is 0.0408. The number of unbranched alkanes of at least 4 members (excludes halogenated alkanes) is 1. The number of amidine groups is 1. The maximum atomic E-state index is 12.8. The first-order chi connectivity index (χ1) is 14.4. The van der Waals surface area contributed by atoms with E-state index in [0.717, 1.165) is 12.8 Å². The molecule has 0 aliphatic carbocycles. The molecule has 4 rings (SSSR count). The van der Waals surface area contributed by atoms with Gasteiger partial charge in [0.05, 0.1) is 5.69 Å². The second-order valence-electron chi connectivity index (χ2n) is 7.11. The van der Waals surface area contributed by atoms with Crippen molar-refractivity contribution in [2.45, 2.75) is 31.6 Å². The zero-order valence-electron chi connectivity index (χ0n) is 16.8. The third-order valence-corrected chi connectivity index (χ3v) is 6.36. The van der Waals surface area contributed by atoms with Crippen molar-refractivity contribution in [1.82, 2.24) is 0 Å². The Morgan fingerprint density at radius 2 is 1.90 bits per heavy atom. The first kappa shape index (κ1) is 20.2. The van der Waals surface area contributed by atoms with Crippen LogP contribution in [0.4, 0.5) is 11.4 Å². The van der Waals surface area contributed by atoms with Gasteiger partial charge in [-0.15, -0.1) is 4.40 Å². The highest BCUT2D eigenvalue weighted by atomic mass is 32.2. The number of ether oxygens (including phenoxy) is 2. The third kappa shape index (κ3) is 3.85. The van der Waals surface area contributed by atoms with Gasteiger partial charge in [0.25, 0.3) is 15.9 Å². The normalized spacial score (nSPS) is 16.5. The topological polar surface area (TPSA) is 97.3 Å². The molecule has 0 aromatic heterocycles. The van der Waals surface area contributed by atoms with Crippen LogP contribution in [0.15, 0.2) is 45.7 Å².